The van der Waals surface area contributed by atoms with Crippen molar-refractivity contribution in [2.24, 2.45) is 0 Å². The fourth-order valence-corrected chi connectivity index (χ4v) is 4.39. The van der Waals surface area contributed by atoms with Gasteiger partial charge in [-0.3, -0.25) is 14.3 Å². The molecule has 1 aromatic carbocycles. The molecule has 0 unspecified atom stereocenters. The Morgan fingerprint density at radius 3 is 2.58 bits per heavy atom. The Morgan fingerprint density at radius 2 is 1.81 bits per heavy atom. The third-order valence-electron chi connectivity index (χ3n) is 4.80. The Hall–Kier alpha value is -2.09. The number of rotatable bonds is 4. The van der Waals surface area contributed by atoms with Gasteiger partial charge in [0, 0.05) is 39.3 Å². The number of hydrogen-bond donors (Lipinski definition) is 1. The Kier molecular flexibility index (Phi) is 4.84. The number of aromatic amines is 1. The molecule has 2 aromatic heterocycles. The van der Waals surface area contributed by atoms with E-state index in [1.807, 2.05) is 29.6 Å². The Morgan fingerprint density at radius 1 is 1.04 bits per heavy atom. The average molecular weight is 391 g/mol. The van der Waals surface area contributed by atoms with E-state index in [0.717, 1.165) is 36.9 Å². The van der Waals surface area contributed by atoms with Crippen LogP contribution in [-0.2, 0) is 6.54 Å². The maximum absolute atomic E-state index is 12.5. The van der Waals surface area contributed by atoms with E-state index in [9.17, 15) is 9.59 Å². The second-order valence-electron chi connectivity index (χ2n) is 6.33. The molecule has 1 saturated heterocycles. The molecule has 1 aliphatic heterocycles. The molecular weight excluding hydrogens is 372 g/mol. The third kappa shape index (κ3) is 3.30. The lowest BCUT2D eigenvalue weighted by molar-refractivity contribution is 0.246. The molecule has 6 nitrogen and oxygen atoms in total. The predicted molar refractivity (Wildman–Crippen MR) is 107 cm³/mol. The summed E-state index contributed by atoms with van der Waals surface area (Å²) < 4.78 is 1.91. The summed E-state index contributed by atoms with van der Waals surface area (Å²) in [6.07, 6.45) is 0. The molecule has 0 spiro atoms. The molecule has 0 atom stereocenters. The molecule has 0 saturated carbocycles. The number of nitrogens with zero attached hydrogens (tertiary/aromatic N) is 3. The second-order valence-corrected chi connectivity index (χ2v) is 7.65. The maximum Gasteiger partial charge on any atom is 0.328 e. The van der Waals surface area contributed by atoms with E-state index in [-0.39, 0.29) is 11.2 Å². The summed E-state index contributed by atoms with van der Waals surface area (Å²) >= 11 is 7.64. The SMILES string of the molecule is O=c1[nH]c2ccsc2c(=O)n1CCN1CCN(c2ccccc2Cl)CC1. The first-order valence-corrected chi connectivity index (χ1v) is 9.81. The number of benzene rings is 1. The molecule has 3 aromatic rings. The van der Waals surface area contributed by atoms with Crippen LogP contribution < -0.4 is 16.1 Å². The number of anilines is 1. The summed E-state index contributed by atoms with van der Waals surface area (Å²) in [5.41, 5.74) is 1.14. The van der Waals surface area contributed by atoms with Gasteiger partial charge in [0.1, 0.15) is 4.70 Å². The number of halogens is 1. The van der Waals surface area contributed by atoms with Crippen LogP contribution >= 0.6 is 22.9 Å². The summed E-state index contributed by atoms with van der Waals surface area (Å²) in [5.74, 6) is 0. The van der Waals surface area contributed by atoms with Crippen molar-refractivity contribution in [1.82, 2.24) is 14.5 Å². The molecule has 0 radical (unpaired) electrons. The topological polar surface area (TPSA) is 61.3 Å². The number of aromatic nitrogens is 2. The first kappa shape index (κ1) is 17.3. The fourth-order valence-electron chi connectivity index (χ4n) is 3.34. The first-order chi connectivity index (χ1) is 12.6. The summed E-state index contributed by atoms with van der Waals surface area (Å²) in [6, 6.07) is 9.63. The molecule has 1 N–H and O–H groups in total. The summed E-state index contributed by atoms with van der Waals surface area (Å²) in [5, 5.41) is 2.59. The summed E-state index contributed by atoms with van der Waals surface area (Å²) in [7, 11) is 0. The van der Waals surface area contributed by atoms with Crippen molar-refractivity contribution in [3.8, 4) is 0 Å². The van der Waals surface area contributed by atoms with Gasteiger partial charge in [-0.15, -0.1) is 11.3 Å². The molecule has 4 rings (SSSR count). The molecule has 3 heterocycles. The number of thiophene rings is 1. The highest BCUT2D eigenvalue weighted by Crippen LogP contribution is 2.25. The number of para-hydroxylation sites is 1. The van der Waals surface area contributed by atoms with Gasteiger partial charge in [-0.1, -0.05) is 23.7 Å². The second kappa shape index (κ2) is 7.26. The van der Waals surface area contributed by atoms with Crippen LogP contribution in [0.25, 0.3) is 10.2 Å². The normalized spacial score (nSPS) is 15.7. The lowest BCUT2D eigenvalue weighted by Gasteiger charge is -2.36. The minimum absolute atomic E-state index is 0.201. The zero-order valence-corrected chi connectivity index (χ0v) is 15.7. The van der Waals surface area contributed by atoms with Crippen LogP contribution in [0.5, 0.6) is 0 Å². The van der Waals surface area contributed by atoms with Crippen LogP contribution in [-0.4, -0.2) is 47.2 Å². The number of piperazine rings is 1. The van der Waals surface area contributed by atoms with Crippen LogP contribution in [0.15, 0.2) is 45.3 Å². The van der Waals surface area contributed by atoms with Gasteiger partial charge in [-0.2, -0.15) is 0 Å². The number of fused-ring (bicyclic) bond motifs is 1. The van der Waals surface area contributed by atoms with Crippen LogP contribution in [0, 0.1) is 0 Å². The Bertz CT molecular complexity index is 1030. The van der Waals surface area contributed by atoms with Crippen molar-refractivity contribution in [2.45, 2.75) is 6.54 Å². The van der Waals surface area contributed by atoms with Gasteiger partial charge >= 0.3 is 5.69 Å². The number of hydrogen-bond acceptors (Lipinski definition) is 5. The van der Waals surface area contributed by atoms with E-state index in [4.69, 9.17) is 11.6 Å². The van der Waals surface area contributed by atoms with Gasteiger partial charge in [0.05, 0.1) is 16.2 Å². The molecule has 0 aliphatic carbocycles. The number of nitrogens with one attached hydrogen (secondary N) is 1. The standard InChI is InChI=1S/C18H19ClN4O2S/c19-13-3-1-2-4-15(13)22-9-6-21(7-10-22)8-11-23-17(24)16-14(5-12-26-16)20-18(23)25/h1-5,12H,6-11H2,(H,20,25). The Balaban J connectivity index is 1.41. The Labute approximate surface area is 159 Å². The number of H-pyrrole nitrogens is 1. The van der Waals surface area contributed by atoms with Gasteiger partial charge in [0.25, 0.3) is 5.56 Å². The van der Waals surface area contributed by atoms with Gasteiger partial charge in [0.15, 0.2) is 0 Å². The maximum atomic E-state index is 12.5. The van der Waals surface area contributed by atoms with E-state index in [0.29, 0.717) is 23.3 Å². The third-order valence-corrected chi connectivity index (χ3v) is 6.02. The van der Waals surface area contributed by atoms with Crippen molar-refractivity contribution in [2.75, 3.05) is 37.6 Å². The molecule has 0 amide bonds. The zero-order chi connectivity index (χ0) is 18.1. The van der Waals surface area contributed by atoms with Crippen molar-refractivity contribution in [3.63, 3.8) is 0 Å². The highest BCUT2D eigenvalue weighted by molar-refractivity contribution is 7.17. The van der Waals surface area contributed by atoms with Crippen molar-refractivity contribution in [1.29, 1.82) is 0 Å². The molecule has 136 valence electrons. The van der Waals surface area contributed by atoms with Crippen LogP contribution in [0.2, 0.25) is 5.02 Å². The highest BCUT2D eigenvalue weighted by atomic mass is 35.5. The summed E-state index contributed by atoms with van der Waals surface area (Å²) in [6.45, 7) is 4.57. The van der Waals surface area contributed by atoms with Crippen LogP contribution in [0.4, 0.5) is 5.69 Å². The van der Waals surface area contributed by atoms with Gasteiger partial charge in [-0.05, 0) is 23.6 Å². The molecular formula is C18H19ClN4O2S. The lowest BCUT2D eigenvalue weighted by Crippen LogP contribution is -2.48. The van der Waals surface area contributed by atoms with Crippen molar-refractivity contribution in [3.05, 3.63) is 61.6 Å². The van der Waals surface area contributed by atoms with Crippen LogP contribution in [0.3, 0.4) is 0 Å². The molecule has 1 aliphatic rings. The fraction of sp³-hybridized carbons (Fsp3) is 0.333. The predicted octanol–water partition coefficient (Wildman–Crippen LogP) is 2.23. The molecule has 8 heteroatoms. The first-order valence-electron chi connectivity index (χ1n) is 8.55. The minimum atomic E-state index is -0.337. The molecule has 1 fully saturated rings. The average Bonchev–Trinajstić information content (AvgIpc) is 3.11. The van der Waals surface area contributed by atoms with Crippen LogP contribution in [0.1, 0.15) is 0 Å². The van der Waals surface area contributed by atoms with Gasteiger partial charge in [0.2, 0.25) is 0 Å². The van der Waals surface area contributed by atoms with Crippen molar-refractivity contribution < 1.29 is 0 Å². The van der Waals surface area contributed by atoms with E-state index in [2.05, 4.69) is 14.8 Å². The largest absolute Gasteiger partial charge is 0.368 e. The monoisotopic (exact) mass is 390 g/mol. The van der Waals surface area contributed by atoms with Gasteiger partial charge < -0.3 is 9.88 Å². The highest BCUT2D eigenvalue weighted by Gasteiger charge is 2.19. The zero-order valence-electron chi connectivity index (χ0n) is 14.2. The van der Waals surface area contributed by atoms with E-state index < -0.39 is 0 Å². The van der Waals surface area contributed by atoms with E-state index in [1.165, 1.54) is 15.9 Å². The molecule has 26 heavy (non-hydrogen) atoms. The molecule has 0 bridgehead atoms. The van der Waals surface area contributed by atoms with E-state index in [1.54, 1.807) is 6.07 Å². The van der Waals surface area contributed by atoms with Gasteiger partial charge in [-0.25, -0.2) is 4.79 Å². The quantitative estimate of drug-likeness (QED) is 0.742. The minimum Gasteiger partial charge on any atom is -0.368 e. The summed E-state index contributed by atoms with van der Waals surface area (Å²) in [4.78, 5) is 32.0. The smallest absolute Gasteiger partial charge is 0.328 e. The van der Waals surface area contributed by atoms with Crippen molar-refractivity contribution >= 4 is 38.8 Å². The van der Waals surface area contributed by atoms with E-state index >= 15 is 0 Å². The lowest BCUT2D eigenvalue weighted by atomic mass is 10.2.